The molecule has 0 aliphatic carbocycles. The summed E-state index contributed by atoms with van der Waals surface area (Å²) in [4.78, 5) is 32.8. The number of carbonyl (C=O) groups excluding carboxylic acids is 2. The number of hydrogen-bond acceptors (Lipinski definition) is 6. The molecular formula is C38H36N4O4S2. The van der Waals surface area contributed by atoms with Crippen molar-refractivity contribution in [3.8, 4) is 21.6 Å². The molecule has 6 aromatic rings. The summed E-state index contributed by atoms with van der Waals surface area (Å²) in [5, 5.41) is 6.78. The Morgan fingerprint density at radius 2 is 1.54 bits per heavy atom. The minimum Gasteiger partial charge on any atom is -0.444 e. The van der Waals surface area contributed by atoms with E-state index in [1.165, 1.54) is 11.3 Å². The van der Waals surface area contributed by atoms with E-state index in [1.807, 2.05) is 115 Å². The number of ether oxygens (including phenoxy) is 1. The Balaban J connectivity index is 1.31. The molecule has 244 valence electrons. The van der Waals surface area contributed by atoms with E-state index in [9.17, 15) is 13.8 Å². The van der Waals surface area contributed by atoms with Crippen molar-refractivity contribution in [2.75, 3.05) is 6.54 Å². The Morgan fingerprint density at radius 3 is 2.23 bits per heavy atom. The molecule has 0 radical (unpaired) electrons. The number of alkyl carbamates (subject to hydrolysis) is 1. The van der Waals surface area contributed by atoms with Gasteiger partial charge in [0.05, 0.1) is 15.8 Å². The van der Waals surface area contributed by atoms with Crippen molar-refractivity contribution >= 4 is 45.4 Å². The van der Waals surface area contributed by atoms with E-state index in [2.05, 4.69) is 15.6 Å². The lowest BCUT2D eigenvalue weighted by molar-refractivity contribution is 0.0519. The second-order valence-electron chi connectivity index (χ2n) is 12.3. The molecule has 0 fully saturated rings. The molecule has 0 saturated heterocycles. The van der Waals surface area contributed by atoms with Crippen molar-refractivity contribution in [2.24, 2.45) is 0 Å². The number of thiophene rings is 1. The first-order valence-electron chi connectivity index (χ1n) is 15.6. The Labute approximate surface area is 286 Å². The highest BCUT2D eigenvalue weighted by Crippen LogP contribution is 2.40. The van der Waals surface area contributed by atoms with Crippen molar-refractivity contribution in [3.63, 3.8) is 0 Å². The molecule has 2 N–H and O–H groups in total. The largest absolute Gasteiger partial charge is 0.444 e. The Kier molecular flexibility index (Phi) is 9.84. The van der Waals surface area contributed by atoms with Crippen LogP contribution in [0.5, 0.6) is 0 Å². The summed E-state index contributed by atoms with van der Waals surface area (Å²) < 4.78 is 20.9. The molecule has 8 nitrogen and oxygen atoms in total. The molecule has 0 aliphatic rings. The van der Waals surface area contributed by atoms with Crippen LogP contribution in [0.4, 0.5) is 4.79 Å². The van der Waals surface area contributed by atoms with Gasteiger partial charge in [-0.1, -0.05) is 78.9 Å². The van der Waals surface area contributed by atoms with Crippen LogP contribution in [0.2, 0.25) is 0 Å². The third-order valence-electron chi connectivity index (χ3n) is 7.51. The molecule has 2 amide bonds. The Hall–Kier alpha value is -5.06. The van der Waals surface area contributed by atoms with Crippen molar-refractivity contribution < 1.29 is 18.5 Å². The molecule has 48 heavy (non-hydrogen) atoms. The molecule has 2 atom stereocenters. The predicted molar refractivity (Wildman–Crippen MR) is 192 cm³/mol. The van der Waals surface area contributed by atoms with Crippen LogP contribution in [-0.4, -0.2) is 43.4 Å². The van der Waals surface area contributed by atoms with Crippen LogP contribution in [0.25, 0.3) is 32.6 Å². The number of carbonyl (C=O) groups is 2. The van der Waals surface area contributed by atoms with Crippen LogP contribution in [0.15, 0.2) is 126 Å². The van der Waals surface area contributed by atoms with Crippen molar-refractivity contribution in [3.05, 3.63) is 132 Å². The van der Waals surface area contributed by atoms with Gasteiger partial charge in [0, 0.05) is 40.3 Å². The summed E-state index contributed by atoms with van der Waals surface area (Å²) in [6, 6.07) is 34.4. The number of amides is 2. The highest BCUT2D eigenvalue weighted by atomic mass is 32.2. The first-order valence-corrected chi connectivity index (χ1v) is 17.5. The van der Waals surface area contributed by atoms with Crippen molar-refractivity contribution in [2.45, 2.75) is 43.7 Å². The van der Waals surface area contributed by atoms with Gasteiger partial charge in [0.2, 0.25) is 0 Å². The second-order valence-corrected chi connectivity index (χ2v) is 14.7. The quantitative estimate of drug-likeness (QED) is 0.154. The molecule has 3 aromatic carbocycles. The van der Waals surface area contributed by atoms with Gasteiger partial charge in [-0.25, -0.2) is 18.0 Å². The van der Waals surface area contributed by atoms with E-state index in [0.717, 1.165) is 32.5 Å². The molecular weight excluding hydrogens is 641 g/mol. The SMILES string of the molecule is CC(C)(C)OC(=O)NCC(Cc1ccccc1)NC(=O)c1ccc(-c2ccnc3c2c(-c2ccccc2)cn3S(=O)c2ccccc2)s1. The fourth-order valence-corrected chi connectivity index (χ4v) is 7.45. The number of nitrogens with one attached hydrogen (secondary N) is 2. The van der Waals surface area contributed by atoms with E-state index >= 15 is 0 Å². The third kappa shape index (κ3) is 7.73. The maximum absolute atomic E-state index is 13.8. The maximum Gasteiger partial charge on any atom is 0.407 e. The lowest BCUT2D eigenvalue weighted by Crippen LogP contribution is -2.45. The first kappa shape index (κ1) is 32.9. The van der Waals surface area contributed by atoms with Gasteiger partial charge in [-0.05, 0) is 68.7 Å². The molecule has 0 aliphatic heterocycles. The third-order valence-corrected chi connectivity index (χ3v) is 9.94. The van der Waals surface area contributed by atoms with E-state index < -0.39 is 22.7 Å². The molecule has 10 heteroatoms. The standard InChI is InChI=1S/C38H36N4O4S2/c1-38(2,3)46-37(44)40-24-28(23-26-13-7-4-8-14-26)41-36(43)33-20-19-32(47-33)30-21-22-39-35-34(30)31(27-15-9-5-10-16-27)25-42(35)48(45)29-17-11-6-12-18-29/h4-22,25,28H,23-24H2,1-3H3,(H,40,44)(H,41,43). The molecule has 3 aromatic heterocycles. The van der Waals surface area contributed by atoms with Gasteiger partial charge >= 0.3 is 6.09 Å². The van der Waals surface area contributed by atoms with Gasteiger partial charge in [0.15, 0.2) is 16.6 Å². The van der Waals surface area contributed by atoms with Crippen LogP contribution in [0, 0.1) is 0 Å². The average molecular weight is 677 g/mol. The topological polar surface area (TPSA) is 102 Å². The molecule has 0 saturated carbocycles. The number of pyridine rings is 1. The zero-order chi connectivity index (χ0) is 33.7. The summed E-state index contributed by atoms with van der Waals surface area (Å²) in [5.41, 5.74) is 3.74. The maximum atomic E-state index is 13.8. The van der Waals surface area contributed by atoms with E-state index in [-0.39, 0.29) is 18.5 Å². The Bertz CT molecular complexity index is 2050. The predicted octanol–water partition coefficient (Wildman–Crippen LogP) is 7.87. The highest BCUT2D eigenvalue weighted by molar-refractivity contribution is 7.83. The number of rotatable bonds is 10. The van der Waals surface area contributed by atoms with Crippen LogP contribution in [0.1, 0.15) is 36.0 Å². The number of benzene rings is 3. The number of nitrogens with zero attached hydrogens (tertiary/aromatic N) is 2. The van der Waals surface area contributed by atoms with Gasteiger partial charge < -0.3 is 15.4 Å². The normalized spacial score (nSPS) is 12.7. The van der Waals surface area contributed by atoms with Gasteiger partial charge in [0.1, 0.15) is 5.60 Å². The van der Waals surface area contributed by atoms with Crippen LogP contribution >= 0.6 is 11.3 Å². The van der Waals surface area contributed by atoms with Crippen LogP contribution < -0.4 is 10.6 Å². The molecule has 0 spiro atoms. The summed E-state index contributed by atoms with van der Waals surface area (Å²) >= 11 is 1.37. The summed E-state index contributed by atoms with van der Waals surface area (Å²) in [5.74, 6) is -0.241. The second kappa shape index (κ2) is 14.4. The van der Waals surface area contributed by atoms with E-state index in [4.69, 9.17) is 4.74 Å². The summed E-state index contributed by atoms with van der Waals surface area (Å²) in [6.45, 7) is 5.62. The minimum atomic E-state index is -1.52. The molecule has 3 heterocycles. The fraction of sp³-hybridized carbons (Fsp3) is 0.184. The van der Waals surface area contributed by atoms with Gasteiger partial charge in [-0.2, -0.15) is 0 Å². The fourth-order valence-electron chi connectivity index (χ4n) is 5.40. The minimum absolute atomic E-state index is 0.200. The first-order chi connectivity index (χ1) is 23.2. The zero-order valence-electron chi connectivity index (χ0n) is 26.9. The Morgan fingerprint density at radius 1 is 0.875 bits per heavy atom. The molecule has 2 unspecified atom stereocenters. The molecule has 0 bridgehead atoms. The van der Waals surface area contributed by atoms with Gasteiger partial charge in [0.25, 0.3) is 5.91 Å². The lowest BCUT2D eigenvalue weighted by atomic mass is 10.0. The lowest BCUT2D eigenvalue weighted by Gasteiger charge is -2.22. The van der Waals surface area contributed by atoms with Crippen LogP contribution in [0.3, 0.4) is 0 Å². The van der Waals surface area contributed by atoms with Crippen molar-refractivity contribution in [1.29, 1.82) is 0 Å². The summed E-state index contributed by atoms with van der Waals surface area (Å²) in [6.07, 6.45) is 3.59. The highest BCUT2D eigenvalue weighted by Gasteiger charge is 2.23. The number of aromatic nitrogens is 2. The summed E-state index contributed by atoms with van der Waals surface area (Å²) in [7, 11) is -1.52. The zero-order valence-corrected chi connectivity index (χ0v) is 28.5. The van der Waals surface area contributed by atoms with E-state index in [1.54, 1.807) is 30.9 Å². The number of fused-ring (bicyclic) bond motifs is 1. The smallest absolute Gasteiger partial charge is 0.407 e. The molecule has 6 rings (SSSR count). The van der Waals surface area contributed by atoms with Gasteiger partial charge in [-0.15, -0.1) is 11.3 Å². The number of hydrogen-bond donors (Lipinski definition) is 2. The van der Waals surface area contributed by atoms with Gasteiger partial charge in [-0.3, -0.25) is 4.79 Å². The monoisotopic (exact) mass is 676 g/mol. The van der Waals surface area contributed by atoms with Crippen LogP contribution in [-0.2, 0) is 22.1 Å². The van der Waals surface area contributed by atoms with Crippen molar-refractivity contribution in [1.82, 2.24) is 19.6 Å². The average Bonchev–Trinajstić information content (AvgIpc) is 3.74. The van der Waals surface area contributed by atoms with E-state index in [0.29, 0.717) is 21.8 Å².